The van der Waals surface area contributed by atoms with Crippen molar-refractivity contribution >= 4 is 28.8 Å². The van der Waals surface area contributed by atoms with E-state index in [0.29, 0.717) is 11.4 Å². The quantitative estimate of drug-likeness (QED) is 0.642. The Morgan fingerprint density at radius 1 is 1.10 bits per heavy atom. The Hall–Kier alpha value is -3.06. The van der Waals surface area contributed by atoms with Crippen molar-refractivity contribution in [3.8, 4) is 0 Å². The molecule has 1 N–H and O–H groups in total. The number of aromatic nitrogens is 2. The number of hydrogen-bond acceptors (Lipinski definition) is 5. The van der Waals surface area contributed by atoms with Gasteiger partial charge in [0, 0.05) is 18.7 Å². The highest BCUT2D eigenvalue weighted by molar-refractivity contribution is 7.13. The second-order valence-corrected chi connectivity index (χ2v) is 8.51. The summed E-state index contributed by atoms with van der Waals surface area (Å²) in [5, 5.41) is 12.2. The van der Waals surface area contributed by atoms with Gasteiger partial charge in [0.05, 0.1) is 6.04 Å². The van der Waals surface area contributed by atoms with Crippen molar-refractivity contribution in [2.45, 2.75) is 38.6 Å². The average molecular weight is 421 g/mol. The molecule has 1 aromatic heterocycles. The smallest absolute Gasteiger partial charge is 0.286 e. The van der Waals surface area contributed by atoms with Crippen molar-refractivity contribution in [1.82, 2.24) is 15.1 Å². The second-order valence-electron chi connectivity index (χ2n) is 7.50. The molecule has 0 aliphatic carbocycles. The highest BCUT2D eigenvalue weighted by Gasteiger charge is 2.32. The fourth-order valence-electron chi connectivity index (χ4n) is 3.64. The monoisotopic (exact) mass is 420 g/mol. The molecule has 1 aliphatic heterocycles. The number of aryl methyl sites for hydroxylation is 2. The minimum atomic E-state index is -0.275. The van der Waals surface area contributed by atoms with E-state index in [9.17, 15) is 9.59 Å². The zero-order valence-corrected chi connectivity index (χ0v) is 17.7. The van der Waals surface area contributed by atoms with Crippen LogP contribution in [0.25, 0.3) is 0 Å². The molecule has 2 aromatic carbocycles. The van der Waals surface area contributed by atoms with E-state index in [1.54, 1.807) is 0 Å². The van der Waals surface area contributed by atoms with E-state index < -0.39 is 0 Å². The molecule has 3 aromatic rings. The maximum absolute atomic E-state index is 12.8. The van der Waals surface area contributed by atoms with E-state index in [-0.39, 0.29) is 17.9 Å². The fraction of sp³-hybridized carbons (Fsp3) is 0.304. The number of anilines is 1. The standard InChI is InChI=1S/C23H24N4O2S/c1-16-9-12-18(13-10-16)24-21(29)23-26-25-22(30-23)19-8-5-15-27(19)20(28)14-11-17-6-3-2-4-7-17/h2-4,6-7,9-10,12-13,19H,5,8,11,14-15H2,1H3,(H,24,29)/t19-/m0/s1. The van der Waals surface area contributed by atoms with Gasteiger partial charge in [0.15, 0.2) is 0 Å². The van der Waals surface area contributed by atoms with Gasteiger partial charge in [0.1, 0.15) is 5.01 Å². The molecular weight excluding hydrogens is 396 g/mol. The maximum atomic E-state index is 12.8. The van der Waals surface area contributed by atoms with Crippen LogP contribution in [0.5, 0.6) is 0 Å². The molecule has 1 aliphatic rings. The number of rotatable bonds is 6. The third-order valence-electron chi connectivity index (χ3n) is 5.27. The van der Waals surface area contributed by atoms with Gasteiger partial charge < -0.3 is 10.2 Å². The Labute approximate surface area is 180 Å². The summed E-state index contributed by atoms with van der Waals surface area (Å²) in [7, 11) is 0. The molecule has 154 valence electrons. The highest BCUT2D eigenvalue weighted by Crippen LogP contribution is 2.34. The number of nitrogens with one attached hydrogen (secondary N) is 1. The van der Waals surface area contributed by atoms with Crippen LogP contribution in [0.15, 0.2) is 54.6 Å². The molecule has 30 heavy (non-hydrogen) atoms. The highest BCUT2D eigenvalue weighted by atomic mass is 32.1. The van der Waals surface area contributed by atoms with E-state index in [1.165, 1.54) is 11.3 Å². The lowest BCUT2D eigenvalue weighted by Gasteiger charge is -2.22. The number of carbonyl (C=O) groups is 2. The van der Waals surface area contributed by atoms with Crippen molar-refractivity contribution in [1.29, 1.82) is 0 Å². The van der Waals surface area contributed by atoms with Gasteiger partial charge in [-0.2, -0.15) is 0 Å². The average Bonchev–Trinajstić information content (AvgIpc) is 3.44. The van der Waals surface area contributed by atoms with Gasteiger partial charge >= 0.3 is 0 Å². The largest absolute Gasteiger partial charge is 0.333 e. The Kier molecular flexibility index (Phi) is 6.18. The first-order valence-electron chi connectivity index (χ1n) is 10.1. The number of hydrogen-bond donors (Lipinski definition) is 1. The molecule has 0 spiro atoms. The van der Waals surface area contributed by atoms with Gasteiger partial charge in [-0.3, -0.25) is 9.59 Å². The topological polar surface area (TPSA) is 75.2 Å². The van der Waals surface area contributed by atoms with Crippen LogP contribution in [0.1, 0.15) is 51.2 Å². The molecule has 1 fully saturated rings. The van der Waals surface area contributed by atoms with Crippen molar-refractivity contribution in [3.05, 3.63) is 75.7 Å². The molecular formula is C23H24N4O2S. The predicted molar refractivity (Wildman–Crippen MR) is 117 cm³/mol. The molecule has 0 bridgehead atoms. The Morgan fingerprint density at radius 2 is 1.87 bits per heavy atom. The summed E-state index contributed by atoms with van der Waals surface area (Å²) in [5.41, 5.74) is 3.01. The van der Waals surface area contributed by atoms with E-state index in [1.807, 2.05) is 66.4 Å². The maximum Gasteiger partial charge on any atom is 0.286 e. The summed E-state index contributed by atoms with van der Waals surface area (Å²) in [6, 6.07) is 17.6. The number of nitrogens with zero attached hydrogens (tertiary/aromatic N) is 3. The minimum absolute atomic E-state index is 0.0910. The SMILES string of the molecule is Cc1ccc(NC(=O)c2nnc([C@@H]3CCCN3C(=O)CCc3ccccc3)s2)cc1. The third kappa shape index (κ3) is 4.74. The lowest BCUT2D eigenvalue weighted by Crippen LogP contribution is -2.30. The van der Waals surface area contributed by atoms with Crippen LogP contribution >= 0.6 is 11.3 Å². The molecule has 1 saturated heterocycles. The number of carbonyl (C=O) groups excluding carboxylic acids is 2. The van der Waals surface area contributed by atoms with Crippen molar-refractivity contribution < 1.29 is 9.59 Å². The number of amides is 2. The molecule has 4 rings (SSSR count). The third-order valence-corrected chi connectivity index (χ3v) is 6.30. The Balaban J connectivity index is 1.39. The summed E-state index contributed by atoms with van der Waals surface area (Å²) in [5.74, 6) is -0.148. The first kappa shape index (κ1) is 20.2. The van der Waals surface area contributed by atoms with Crippen LogP contribution in [0.2, 0.25) is 0 Å². The fourth-order valence-corrected chi connectivity index (χ4v) is 4.53. The molecule has 7 heteroatoms. The number of likely N-dealkylation sites (tertiary alicyclic amines) is 1. The normalized spacial score (nSPS) is 15.9. The van der Waals surface area contributed by atoms with Gasteiger partial charge in [-0.15, -0.1) is 10.2 Å². The molecule has 0 radical (unpaired) electrons. The first-order valence-corrected chi connectivity index (χ1v) is 11.0. The molecule has 6 nitrogen and oxygen atoms in total. The van der Waals surface area contributed by atoms with Crippen LogP contribution in [0.3, 0.4) is 0 Å². The lowest BCUT2D eigenvalue weighted by atomic mass is 10.1. The summed E-state index contributed by atoms with van der Waals surface area (Å²) in [6.45, 7) is 2.72. The summed E-state index contributed by atoms with van der Waals surface area (Å²) in [6.07, 6.45) is 2.99. The molecule has 0 unspecified atom stereocenters. The van der Waals surface area contributed by atoms with Crippen molar-refractivity contribution in [2.75, 3.05) is 11.9 Å². The molecule has 1 atom stereocenters. The molecule has 2 heterocycles. The van der Waals surface area contributed by atoms with E-state index in [4.69, 9.17) is 0 Å². The summed E-state index contributed by atoms with van der Waals surface area (Å²) < 4.78 is 0. The van der Waals surface area contributed by atoms with Crippen LogP contribution in [-0.4, -0.2) is 33.5 Å². The Bertz CT molecular complexity index is 1020. The van der Waals surface area contributed by atoms with E-state index in [0.717, 1.165) is 47.6 Å². The first-order chi connectivity index (χ1) is 14.6. The zero-order valence-electron chi connectivity index (χ0n) is 16.9. The van der Waals surface area contributed by atoms with Gasteiger partial charge in [-0.05, 0) is 43.9 Å². The van der Waals surface area contributed by atoms with Crippen LogP contribution in [-0.2, 0) is 11.2 Å². The van der Waals surface area contributed by atoms with Gasteiger partial charge in [0.25, 0.3) is 5.91 Å². The van der Waals surface area contributed by atoms with E-state index in [2.05, 4.69) is 15.5 Å². The van der Waals surface area contributed by atoms with Gasteiger partial charge in [0.2, 0.25) is 10.9 Å². The van der Waals surface area contributed by atoms with Gasteiger partial charge in [-0.1, -0.05) is 59.4 Å². The second kappa shape index (κ2) is 9.17. The Morgan fingerprint density at radius 3 is 2.63 bits per heavy atom. The van der Waals surface area contributed by atoms with E-state index >= 15 is 0 Å². The number of benzene rings is 2. The van der Waals surface area contributed by atoms with Crippen LogP contribution < -0.4 is 5.32 Å². The van der Waals surface area contributed by atoms with Crippen LogP contribution in [0.4, 0.5) is 5.69 Å². The molecule has 0 saturated carbocycles. The van der Waals surface area contributed by atoms with Crippen molar-refractivity contribution in [3.63, 3.8) is 0 Å². The molecule has 2 amide bonds. The van der Waals surface area contributed by atoms with Gasteiger partial charge in [-0.25, -0.2) is 0 Å². The minimum Gasteiger partial charge on any atom is -0.333 e. The summed E-state index contributed by atoms with van der Waals surface area (Å²) in [4.78, 5) is 27.2. The van der Waals surface area contributed by atoms with Crippen molar-refractivity contribution in [2.24, 2.45) is 0 Å². The lowest BCUT2D eigenvalue weighted by molar-refractivity contribution is -0.132. The predicted octanol–water partition coefficient (Wildman–Crippen LogP) is 4.40. The zero-order chi connectivity index (χ0) is 20.9. The summed E-state index contributed by atoms with van der Waals surface area (Å²) >= 11 is 1.27. The van der Waals surface area contributed by atoms with Crippen LogP contribution in [0, 0.1) is 6.92 Å².